The van der Waals surface area contributed by atoms with Gasteiger partial charge in [-0.25, -0.2) is 13.1 Å². The van der Waals surface area contributed by atoms with Gasteiger partial charge in [0.2, 0.25) is 5.91 Å². The summed E-state index contributed by atoms with van der Waals surface area (Å²) in [5.41, 5.74) is 0.516. The molecular formula is C18H15ClN2O4S2. The molecule has 0 aliphatic carbocycles. The molecule has 0 atom stereocenters. The SMILES string of the molecule is O=C(CNS(=O)(=O)c1cccs1)Nc1ccc(Oc2ccccc2Cl)cc1. The zero-order valence-electron chi connectivity index (χ0n) is 13.9. The smallest absolute Gasteiger partial charge is 0.250 e. The maximum Gasteiger partial charge on any atom is 0.250 e. The summed E-state index contributed by atoms with van der Waals surface area (Å²) in [5.74, 6) is 0.605. The fourth-order valence-corrected chi connectivity index (χ4v) is 4.31. The van der Waals surface area contributed by atoms with Crippen molar-refractivity contribution in [3.8, 4) is 11.5 Å². The lowest BCUT2D eigenvalue weighted by Gasteiger charge is -2.09. The van der Waals surface area contributed by atoms with E-state index in [9.17, 15) is 13.2 Å². The number of benzene rings is 2. The highest BCUT2D eigenvalue weighted by atomic mass is 35.5. The number of hydrogen-bond donors (Lipinski definition) is 2. The van der Waals surface area contributed by atoms with Gasteiger partial charge in [-0.15, -0.1) is 11.3 Å². The Labute approximate surface area is 165 Å². The van der Waals surface area contributed by atoms with E-state index < -0.39 is 15.9 Å². The van der Waals surface area contributed by atoms with Crippen LogP contribution in [0.4, 0.5) is 5.69 Å². The van der Waals surface area contributed by atoms with Gasteiger partial charge >= 0.3 is 0 Å². The summed E-state index contributed by atoms with van der Waals surface area (Å²) >= 11 is 7.13. The van der Waals surface area contributed by atoms with Gasteiger partial charge in [0, 0.05) is 5.69 Å². The second kappa shape index (κ2) is 8.53. The van der Waals surface area contributed by atoms with Crippen molar-refractivity contribution in [2.24, 2.45) is 0 Å². The summed E-state index contributed by atoms with van der Waals surface area (Å²) < 4.78 is 32.1. The Kier molecular flexibility index (Phi) is 6.12. The Morgan fingerprint density at radius 2 is 1.78 bits per heavy atom. The van der Waals surface area contributed by atoms with Crippen LogP contribution in [-0.4, -0.2) is 20.9 Å². The van der Waals surface area contributed by atoms with Crippen LogP contribution in [0.5, 0.6) is 11.5 Å². The van der Waals surface area contributed by atoms with Gasteiger partial charge in [-0.2, -0.15) is 0 Å². The molecule has 0 aliphatic heterocycles. The van der Waals surface area contributed by atoms with Crippen molar-refractivity contribution < 1.29 is 17.9 Å². The third-order valence-corrected chi connectivity index (χ3v) is 6.50. The molecule has 27 heavy (non-hydrogen) atoms. The molecule has 6 nitrogen and oxygen atoms in total. The molecule has 0 radical (unpaired) electrons. The second-order valence-corrected chi connectivity index (χ2v) is 8.71. The highest BCUT2D eigenvalue weighted by Crippen LogP contribution is 2.29. The van der Waals surface area contributed by atoms with Gasteiger partial charge < -0.3 is 10.1 Å². The van der Waals surface area contributed by atoms with E-state index >= 15 is 0 Å². The van der Waals surface area contributed by atoms with E-state index in [1.54, 1.807) is 53.9 Å². The van der Waals surface area contributed by atoms with E-state index in [-0.39, 0.29) is 10.8 Å². The molecule has 1 heterocycles. The number of para-hydroxylation sites is 1. The van der Waals surface area contributed by atoms with E-state index in [0.29, 0.717) is 22.2 Å². The fourth-order valence-electron chi connectivity index (χ4n) is 2.11. The second-order valence-electron chi connectivity index (χ2n) is 5.36. The van der Waals surface area contributed by atoms with Crippen LogP contribution in [0.3, 0.4) is 0 Å². The minimum atomic E-state index is -3.67. The van der Waals surface area contributed by atoms with Crippen LogP contribution in [0.15, 0.2) is 70.3 Å². The Bertz CT molecular complexity index is 1020. The third kappa shape index (κ3) is 5.30. The minimum absolute atomic E-state index is 0.163. The molecule has 140 valence electrons. The number of ether oxygens (including phenoxy) is 1. The van der Waals surface area contributed by atoms with Crippen molar-refractivity contribution >= 4 is 44.6 Å². The monoisotopic (exact) mass is 422 g/mol. The lowest BCUT2D eigenvalue weighted by molar-refractivity contribution is -0.115. The van der Waals surface area contributed by atoms with Crippen molar-refractivity contribution in [2.45, 2.75) is 4.21 Å². The van der Waals surface area contributed by atoms with Gasteiger partial charge in [-0.3, -0.25) is 4.79 Å². The van der Waals surface area contributed by atoms with Crippen LogP contribution in [0.25, 0.3) is 0 Å². The first-order chi connectivity index (χ1) is 12.9. The molecular weight excluding hydrogens is 408 g/mol. The molecule has 2 aromatic carbocycles. The van der Waals surface area contributed by atoms with Crippen LogP contribution < -0.4 is 14.8 Å². The van der Waals surface area contributed by atoms with Crippen molar-refractivity contribution in [1.29, 1.82) is 0 Å². The van der Waals surface area contributed by atoms with Gasteiger partial charge in [0.1, 0.15) is 15.7 Å². The van der Waals surface area contributed by atoms with Gasteiger partial charge in [0.05, 0.1) is 11.6 Å². The Morgan fingerprint density at radius 3 is 2.44 bits per heavy atom. The van der Waals surface area contributed by atoms with Crippen LogP contribution >= 0.6 is 22.9 Å². The first-order valence-corrected chi connectivity index (χ1v) is 10.5. The molecule has 2 N–H and O–H groups in total. The normalized spacial score (nSPS) is 11.1. The number of nitrogens with one attached hydrogen (secondary N) is 2. The Morgan fingerprint density at radius 1 is 1.04 bits per heavy atom. The summed E-state index contributed by atoms with van der Waals surface area (Å²) in [6.45, 7) is -0.363. The lowest BCUT2D eigenvalue weighted by Crippen LogP contribution is -2.32. The highest BCUT2D eigenvalue weighted by molar-refractivity contribution is 7.91. The summed E-state index contributed by atoms with van der Waals surface area (Å²) in [4.78, 5) is 12.0. The van der Waals surface area contributed by atoms with Gasteiger partial charge in [-0.05, 0) is 47.8 Å². The minimum Gasteiger partial charge on any atom is -0.456 e. The average molecular weight is 423 g/mol. The van der Waals surface area contributed by atoms with Gasteiger partial charge in [0.25, 0.3) is 10.0 Å². The quantitative estimate of drug-likeness (QED) is 0.600. The predicted octanol–water partition coefficient (Wildman–Crippen LogP) is 4.11. The van der Waals surface area contributed by atoms with Crippen LogP contribution in [0, 0.1) is 0 Å². The first-order valence-electron chi connectivity index (χ1n) is 7.79. The number of hydrogen-bond acceptors (Lipinski definition) is 5. The molecule has 9 heteroatoms. The van der Waals surface area contributed by atoms with Gasteiger partial charge in [0.15, 0.2) is 0 Å². The summed E-state index contributed by atoms with van der Waals surface area (Å²) in [6, 6.07) is 16.8. The number of carbonyl (C=O) groups excluding carboxylic acids is 1. The molecule has 0 fully saturated rings. The largest absolute Gasteiger partial charge is 0.456 e. The zero-order chi connectivity index (χ0) is 19.3. The van der Waals surface area contributed by atoms with E-state index in [2.05, 4.69) is 10.0 Å². The molecule has 0 aliphatic rings. The molecule has 0 bridgehead atoms. The molecule has 0 unspecified atom stereocenters. The predicted molar refractivity (Wildman–Crippen MR) is 106 cm³/mol. The number of halogens is 1. The van der Waals surface area contributed by atoms with E-state index in [1.165, 1.54) is 6.07 Å². The van der Waals surface area contributed by atoms with Crippen LogP contribution in [-0.2, 0) is 14.8 Å². The van der Waals surface area contributed by atoms with Crippen molar-refractivity contribution in [1.82, 2.24) is 4.72 Å². The number of sulfonamides is 1. The summed E-state index contributed by atoms with van der Waals surface area (Å²) in [6.07, 6.45) is 0. The number of thiophene rings is 1. The van der Waals surface area contributed by atoms with E-state index in [4.69, 9.17) is 16.3 Å². The van der Waals surface area contributed by atoms with Crippen molar-refractivity contribution in [2.75, 3.05) is 11.9 Å². The average Bonchev–Trinajstić information content (AvgIpc) is 3.19. The first kappa shape index (κ1) is 19.4. The molecule has 0 saturated carbocycles. The Hall–Kier alpha value is -2.39. The maximum absolute atomic E-state index is 12.0. The lowest BCUT2D eigenvalue weighted by atomic mass is 10.3. The number of carbonyl (C=O) groups is 1. The number of rotatable bonds is 7. The fraction of sp³-hybridized carbons (Fsp3) is 0.0556. The standard InChI is InChI=1S/C18H15ClN2O4S2/c19-15-4-1-2-5-16(15)25-14-9-7-13(8-10-14)21-17(22)12-20-27(23,24)18-6-3-11-26-18/h1-11,20H,12H2,(H,21,22). The van der Waals surface area contributed by atoms with E-state index in [0.717, 1.165) is 11.3 Å². The van der Waals surface area contributed by atoms with Crippen LogP contribution in [0.2, 0.25) is 5.02 Å². The number of amides is 1. The van der Waals surface area contributed by atoms with E-state index in [1.807, 2.05) is 6.07 Å². The van der Waals surface area contributed by atoms with Crippen molar-refractivity contribution in [3.05, 3.63) is 71.1 Å². The van der Waals surface area contributed by atoms with Gasteiger partial charge in [-0.1, -0.05) is 29.8 Å². The summed E-state index contributed by atoms with van der Waals surface area (Å²) in [7, 11) is -3.67. The van der Waals surface area contributed by atoms with Crippen molar-refractivity contribution in [3.63, 3.8) is 0 Å². The Balaban J connectivity index is 1.55. The topological polar surface area (TPSA) is 84.5 Å². The maximum atomic E-state index is 12.0. The molecule has 3 rings (SSSR count). The molecule has 0 saturated heterocycles. The summed E-state index contributed by atoms with van der Waals surface area (Å²) in [5, 5.41) is 4.77. The van der Waals surface area contributed by atoms with Crippen LogP contribution in [0.1, 0.15) is 0 Å². The molecule has 0 spiro atoms. The molecule has 1 aromatic heterocycles. The molecule has 1 amide bonds. The third-order valence-electron chi connectivity index (χ3n) is 3.39. The highest BCUT2D eigenvalue weighted by Gasteiger charge is 2.16. The zero-order valence-corrected chi connectivity index (χ0v) is 16.3. The number of anilines is 1. The molecule has 3 aromatic rings.